The van der Waals surface area contributed by atoms with Gasteiger partial charge in [-0.15, -0.1) is 0 Å². The largest absolute Gasteiger partial charge is 0.384 e. The monoisotopic (exact) mass is 200 g/mol. The van der Waals surface area contributed by atoms with Crippen molar-refractivity contribution < 1.29 is 4.74 Å². The van der Waals surface area contributed by atoms with Crippen molar-refractivity contribution in [2.75, 3.05) is 33.4 Å². The fourth-order valence-corrected chi connectivity index (χ4v) is 2.15. The Morgan fingerprint density at radius 2 is 1.93 bits per heavy atom. The highest BCUT2D eigenvalue weighted by Gasteiger charge is 2.24. The van der Waals surface area contributed by atoms with E-state index in [9.17, 15) is 0 Å². The van der Waals surface area contributed by atoms with Crippen LogP contribution in [0, 0.1) is 5.41 Å². The standard InChI is InChI=1S/C11H24N2O/c1-11(2,9-14-3)8-13-6-4-10(12)5-7-13/h10H,4-9,12H2,1-3H3. The van der Waals surface area contributed by atoms with Crippen LogP contribution >= 0.6 is 0 Å². The van der Waals surface area contributed by atoms with Gasteiger partial charge in [0.15, 0.2) is 0 Å². The Morgan fingerprint density at radius 3 is 2.43 bits per heavy atom. The first-order chi connectivity index (χ1) is 6.53. The summed E-state index contributed by atoms with van der Waals surface area (Å²) in [7, 11) is 1.77. The fraction of sp³-hybridized carbons (Fsp3) is 1.00. The number of methoxy groups -OCH3 is 1. The van der Waals surface area contributed by atoms with Crippen LogP contribution in [-0.2, 0) is 4.74 Å². The molecule has 0 radical (unpaired) electrons. The van der Waals surface area contributed by atoms with Gasteiger partial charge in [0, 0.05) is 25.1 Å². The molecule has 0 aromatic carbocycles. The summed E-state index contributed by atoms with van der Waals surface area (Å²) in [4.78, 5) is 2.50. The van der Waals surface area contributed by atoms with E-state index < -0.39 is 0 Å². The molecule has 1 heterocycles. The smallest absolute Gasteiger partial charge is 0.0525 e. The molecule has 0 aromatic rings. The van der Waals surface area contributed by atoms with Crippen LogP contribution in [0.4, 0.5) is 0 Å². The number of hydrogen-bond acceptors (Lipinski definition) is 3. The maximum Gasteiger partial charge on any atom is 0.0525 e. The number of piperidine rings is 1. The zero-order valence-electron chi connectivity index (χ0n) is 9.75. The normalized spacial score (nSPS) is 21.4. The van der Waals surface area contributed by atoms with E-state index in [1.807, 2.05) is 0 Å². The van der Waals surface area contributed by atoms with E-state index in [0.29, 0.717) is 6.04 Å². The Hall–Kier alpha value is -0.120. The third kappa shape index (κ3) is 3.95. The van der Waals surface area contributed by atoms with E-state index in [4.69, 9.17) is 10.5 Å². The van der Waals surface area contributed by atoms with E-state index in [2.05, 4.69) is 18.7 Å². The molecule has 0 aromatic heterocycles. The lowest BCUT2D eigenvalue weighted by Gasteiger charge is -2.36. The minimum absolute atomic E-state index is 0.260. The van der Waals surface area contributed by atoms with Crippen molar-refractivity contribution in [2.24, 2.45) is 11.1 Å². The van der Waals surface area contributed by atoms with Crippen LogP contribution in [0.5, 0.6) is 0 Å². The van der Waals surface area contributed by atoms with Crippen LogP contribution in [0.3, 0.4) is 0 Å². The molecule has 0 bridgehead atoms. The summed E-state index contributed by atoms with van der Waals surface area (Å²) in [5.74, 6) is 0. The lowest BCUT2D eigenvalue weighted by atomic mass is 9.92. The van der Waals surface area contributed by atoms with Crippen molar-refractivity contribution in [3.8, 4) is 0 Å². The molecule has 1 rings (SSSR count). The second-order valence-electron chi connectivity index (χ2n) is 5.21. The number of ether oxygens (including phenoxy) is 1. The van der Waals surface area contributed by atoms with Crippen molar-refractivity contribution in [2.45, 2.75) is 32.7 Å². The second-order valence-corrected chi connectivity index (χ2v) is 5.21. The molecule has 14 heavy (non-hydrogen) atoms. The van der Waals surface area contributed by atoms with Crippen molar-refractivity contribution in [1.82, 2.24) is 4.90 Å². The van der Waals surface area contributed by atoms with Gasteiger partial charge in [-0.2, -0.15) is 0 Å². The summed E-state index contributed by atoms with van der Waals surface area (Å²) < 4.78 is 5.22. The molecule has 0 aliphatic carbocycles. The van der Waals surface area contributed by atoms with E-state index in [1.165, 1.54) is 0 Å². The van der Waals surface area contributed by atoms with Crippen LogP contribution in [-0.4, -0.2) is 44.3 Å². The van der Waals surface area contributed by atoms with E-state index in [1.54, 1.807) is 7.11 Å². The molecule has 0 atom stereocenters. The molecular weight excluding hydrogens is 176 g/mol. The van der Waals surface area contributed by atoms with Gasteiger partial charge in [0.2, 0.25) is 0 Å². The molecule has 3 heteroatoms. The molecule has 1 aliphatic rings. The van der Waals surface area contributed by atoms with Crippen molar-refractivity contribution in [3.63, 3.8) is 0 Å². The molecule has 1 aliphatic heterocycles. The highest BCUT2D eigenvalue weighted by Crippen LogP contribution is 2.19. The molecule has 0 amide bonds. The highest BCUT2D eigenvalue weighted by atomic mass is 16.5. The molecule has 84 valence electrons. The van der Waals surface area contributed by atoms with Crippen LogP contribution in [0.15, 0.2) is 0 Å². The third-order valence-electron chi connectivity index (χ3n) is 2.82. The van der Waals surface area contributed by atoms with Crippen LogP contribution in [0.25, 0.3) is 0 Å². The summed E-state index contributed by atoms with van der Waals surface area (Å²) >= 11 is 0. The summed E-state index contributed by atoms with van der Waals surface area (Å²) in [5, 5.41) is 0. The lowest BCUT2D eigenvalue weighted by molar-refractivity contribution is 0.0613. The summed E-state index contributed by atoms with van der Waals surface area (Å²) in [6.07, 6.45) is 2.28. The Balaban J connectivity index is 2.29. The van der Waals surface area contributed by atoms with Gasteiger partial charge in [0.1, 0.15) is 0 Å². The first-order valence-corrected chi connectivity index (χ1v) is 5.50. The van der Waals surface area contributed by atoms with Gasteiger partial charge < -0.3 is 15.4 Å². The maximum atomic E-state index is 5.87. The molecule has 3 nitrogen and oxygen atoms in total. The molecule has 1 saturated heterocycles. The van der Waals surface area contributed by atoms with Gasteiger partial charge in [-0.1, -0.05) is 13.8 Å². The van der Waals surface area contributed by atoms with E-state index >= 15 is 0 Å². The molecule has 2 N–H and O–H groups in total. The quantitative estimate of drug-likeness (QED) is 0.738. The Labute approximate surface area is 87.6 Å². The minimum Gasteiger partial charge on any atom is -0.384 e. The van der Waals surface area contributed by atoms with Crippen LogP contribution < -0.4 is 5.73 Å². The predicted octanol–water partition coefficient (Wildman–Crippen LogP) is 1.08. The average molecular weight is 200 g/mol. The highest BCUT2D eigenvalue weighted by molar-refractivity contribution is 4.79. The van der Waals surface area contributed by atoms with Gasteiger partial charge >= 0.3 is 0 Å². The number of likely N-dealkylation sites (tertiary alicyclic amines) is 1. The molecule has 0 saturated carbocycles. The minimum atomic E-state index is 0.260. The first-order valence-electron chi connectivity index (χ1n) is 5.50. The van der Waals surface area contributed by atoms with Gasteiger partial charge in [-0.3, -0.25) is 0 Å². The first kappa shape index (κ1) is 12.0. The lowest BCUT2D eigenvalue weighted by Crippen LogP contribution is -2.44. The fourth-order valence-electron chi connectivity index (χ4n) is 2.15. The number of hydrogen-bond donors (Lipinski definition) is 1. The van der Waals surface area contributed by atoms with E-state index in [-0.39, 0.29) is 5.41 Å². The van der Waals surface area contributed by atoms with Crippen molar-refractivity contribution in [3.05, 3.63) is 0 Å². The van der Waals surface area contributed by atoms with Crippen molar-refractivity contribution >= 4 is 0 Å². The van der Waals surface area contributed by atoms with Crippen LogP contribution in [0.2, 0.25) is 0 Å². The van der Waals surface area contributed by atoms with Gasteiger partial charge in [-0.05, 0) is 25.9 Å². The Kier molecular flexibility index (Phi) is 4.35. The SMILES string of the molecule is COCC(C)(C)CN1CCC(N)CC1. The average Bonchev–Trinajstić information content (AvgIpc) is 2.08. The molecule has 1 fully saturated rings. The second kappa shape index (κ2) is 5.10. The summed E-state index contributed by atoms with van der Waals surface area (Å²) in [6.45, 7) is 8.75. The zero-order chi connectivity index (χ0) is 10.6. The maximum absolute atomic E-state index is 5.87. The number of nitrogens with zero attached hydrogens (tertiary/aromatic N) is 1. The molecule has 0 spiro atoms. The summed E-state index contributed by atoms with van der Waals surface area (Å²) in [5.41, 5.74) is 6.13. The van der Waals surface area contributed by atoms with Gasteiger partial charge in [0.05, 0.1) is 6.61 Å². The van der Waals surface area contributed by atoms with Crippen LogP contribution in [0.1, 0.15) is 26.7 Å². The predicted molar refractivity (Wildman–Crippen MR) is 59.3 cm³/mol. The molecule has 0 unspecified atom stereocenters. The third-order valence-corrected chi connectivity index (χ3v) is 2.82. The van der Waals surface area contributed by atoms with Gasteiger partial charge in [-0.25, -0.2) is 0 Å². The number of nitrogens with two attached hydrogens (primary N) is 1. The van der Waals surface area contributed by atoms with Gasteiger partial charge in [0.25, 0.3) is 0 Å². The Morgan fingerprint density at radius 1 is 1.36 bits per heavy atom. The van der Waals surface area contributed by atoms with Crippen molar-refractivity contribution in [1.29, 1.82) is 0 Å². The Bertz CT molecular complexity index is 163. The molecular formula is C11H24N2O. The summed E-state index contributed by atoms with van der Waals surface area (Å²) in [6, 6.07) is 0.428. The zero-order valence-corrected chi connectivity index (χ0v) is 9.75. The number of rotatable bonds is 4. The topological polar surface area (TPSA) is 38.5 Å². The van der Waals surface area contributed by atoms with E-state index in [0.717, 1.165) is 39.1 Å².